The third kappa shape index (κ3) is 1.64. The van der Waals surface area contributed by atoms with Crippen LogP contribution in [0.5, 0.6) is 0 Å². The van der Waals surface area contributed by atoms with Crippen molar-refractivity contribution in [1.29, 1.82) is 5.26 Å². The van der Waals surface area contributed by atoms with Crippen molar-refractivity contribution in [2.24, 2.45) is 5.92 Å². The van der Waals surface area contributed by atoms with Crippen LogP contribution in [0.15, 0.2) is 11.1 Å². The molecule has 80 valence electrons. The summed E-state index contributed by atoms with van der Waals surface area (Å²) in [5.41, 5.74) is 0. The molecule has 1 amide bonds. The highest BCUT2D eigenvalue weighted by molar-refractivity contribution is 8.03. The number of hydrogen-bond acceptors (Lipinski definition) is 4. The van der Waals surface area contributed by atoms with Crippen molar-refractivity contribution < 1.29 is 9.90 Å². The lowest BCUT2D eigenvalue weighted by atomic mass is 9.84. The van der Waals surface area contributed by atoms with Crippen LogP contribution in [-0.4, -0.2) is 33.8 Å². The fourth-order valence-corrected chi connectivity index (χ4v) is 2.87. The summed E-state index contributed by atoms with van der Waals surface area (Å²) in [5.74, 6) is 0.170. The number of β-lactam (4-membered cyclic amide) rings is 1. The van der Waals surface area contributed by atoms with Crippen LogP contribution in [0.2, 0.25) is 0 Å². The van der Waals surface area contributed by atoms with Gasteiger partial charge in [-0.15, -0.1) is 11.8 Å². The van der Waals surface area contributed by atoms with Crippen molar-refractivity contribution in [3.63, 3.8) is 0 Å². The van der Waals surface area contributed by atoms with Crippen LogP contribution in [0.3, 0.4) is 0 Å². The van der Waals surface area contributed by atoms with E-state index in [-0.39, 0.29) is 17.9 Å². The molecule has 15 heavy (non-hydrogen) atoms. The zero-order valence-electron chi connectivity index (χ0n) is 8.38. The summed E-state index contributed by atoms with van der Waals surface area (Å²) in [6.45, 7) is 1.65. The van der Waals surface area contributed by atoms with Crippen LogP contribution in [0, 0.1) is 17.2 Å². The number of carbonyl (C=O) groups is 1. The van der Waals surface area contributed by atoms with E-state index < -0.39 is 6.10 Å². The monoisotopic (exact) mass is 224 g/mol. The van der Waals surface area contributed by atoms with Gasteiger partial charge in [0, 0.05) is 17.5 Å². The van der Waals surface area contributed by atoms with Crippen LogP contribution in [-0.2, 0) is 4.79 Å². The van der Waals surface area contributed by atoms with Gasteiger partial charge >= 0.3 is 0 Å². The first kappa shape index (κ1) is 10.5. The number of fused-ring (bicyclic) bond motifs is 1. The van der Waals surface area contributed by atoms with Gasteiger partial charge in [0.1, 0.15) is 0 Å². The molecule has 1 N–H and O–H groups in total. The molecule has 0 spiro atoms. The first-order valence-corrected chi connectivity index (χ1v) is 5.84. The largest absolute Gasteiger partial charge is 0.393 e. The minimum Gasteiger partial charge on any atom is -0.393 e. The van der Waals surface area contributed by atoms with E-state index in [1.165, 1.54) is 11.8 Å². The van der Waals surface area contributed by atoms with Crippen LogP contribution < -0.4 is 0 Å². The Hall–Kier alpha value is -0.990. The summed E-state index contributed by atoms with van der Waals surface area (Å²) in [6.07, 6.45) is 2.02. The lowest BCUT2D eigenvalue weighted by Crippen LogP contribution is -2.59. The number of rotatable bonds is 3. The Morgan fingerprint density at radius 1 is 1.87 bits per heavy atom. The van der Waals surface area contributed by atoms with E-state index in [9.17, 15) is 9.90 Å². The molecule has 1 fully saturated rings. The summed E-state index contributed by atoms with van der Waals surface area (Å²) in [7, 11) is 0. The Labute approximate surface area is 92.6 Å². The number of thioether (sulfide) groups is 1. The average molecular weight is 224 g/mol. The zero-order valence-corrected chi connectivity index (χ0v) is 9.20. The fraction of sp³-hybridized carbons (Fsp3) is 0.600. The van der Waals surface area contributed by atoms with E-state index >= 15 is 0 Å². The number of aliphatic hydroxyl groups is 1. The Balaban J connectivity index is 1.99. The van der Waals surface area contributed by atoms with Gasteiger partial charge in [-0.05, 0) is 6.92 Å². The normalized spacial score (nSPS) is 30.3. The van der Waals surface area contributed by atoms with Crippen LogP contribution >= 0.6 is 11.8 Å². The van der Waals surface area contributed by atoms with E-state index in [0.717, 1.165) is 11.3 Å². The molecule has 2 heterocycles. The highest BCUT2D eigenvalue weighted by atomic mass is 32.2. The molecule has 3 atom stereocenters. The van der Waals surface area contributed by atoms with Gasteiger partial charge in [-0.1, -0.05) is 0 Å². The van der Waals surface area contributed by atoms with Gasteiger partial charge in [0.15, 0.2) is 0 Å². The van der Waals surface area contributed by atoms with Crippen molar-refractivity contribution in [1.82, 2.24) is 4.90 Å². The van der Waals surface area contributed by atoms with Crippen LogP contribution in [0.4, 0.5) is 0 Å². The molecule has 0 aromatic rings. The molecule has 0 aromatic heterocycles. The lowest BCUT2D eigenvalue weighted by Gasteiger charge is -2.43. The maximum atomic E-state index is 11.6. The number of carbonyl (C=O) groups excluding carboxylic acids is 1. The zero-order chi connectivity index (χ0) is 11.0. The molecule has 0 bridgehead atoms. The number of amides is 1. The van der Waals surface area contributed by atoms with Gasteiger partial charge in [0.05, 0.1) is 29.9 Å². The second-order valence-electron chi connectivity index (χ2n) is 3.83. The number of aliphatic hydroxyl groups excluding tert-OH is 1. The Bertz CT molecular complexity index is 359. The first-order valence-electron chi connectivity index (χ1n) is 4.86. The maximum absolute atomic E-state index is 11.6. The van der Waals surface area contributed by atoms with Gasteiger partial charge in [0.2, 0.25) is 5.91 Å². The fourth-order valence-electron chi connectivity index (χ4n) is 2.14. The van der Waals surface area contributed by atoms with E-state index in [2.05, 4.69) is 6.07 Å². The molecule has 2 rings (SSSR count). The number of nitrogens with zero attached hydrogens (tertiary/aromatic N) is 2. The molecule has 0 aliphatic carbocycles. The number of nitriles is 1. The van der Waals surface area contributed by atoms with Crippen molar-refractivity contribution in [2.75, 3.05) is 5.75 Å². The van der Waals surface area contributed by atoms with Gasteiger partial charge < -0.3 is 10.0 Å². The van der Waals surface area contributed by atoms with E-state index in [4.69, 9.17) is 5.26 Å². The highest BCUT2D eigenvalue weighted by Gasteiger charge is 2.51. The van der Waals surface area contributed by atoms with E-state index in [1.54, 1.807) is 11.8 Å². The summed E-state index contributed by atoms with van der Waals surface area (Å²) >= 11 is 1.47. The maximum Gasteiger partial charge on any atom is 0.234 e. The van der Waals surface area contributed by atoms with Gasteiger partial charge in [0.25, 0.3) is 0 Å². The Kier molecular flexibility index (Phi) is 2.72. The molecular formula is C10H12N2O2S. The smallest absolute Gasteiger partial charge is 0.234 e. The average Bonchev–Trinajstić information content (AvgIpc) is 2.53. The molecule has 0 saturated carbocycles. The summed E-state index contributed by atoms with van der Waals surface area (Å²) in [4.78, 5) is 14.3. The highest BCUT2D eigenvalue weighted by Crippen LogP contribution is 2.42. The predicted molar refractivity (Wildman–Crippen MR) is 56.6 cm³/mol. The van der Waals surface area contributed by atoms with E-state index in [1.807, 2.05) is 6.20 Å². The van der Waals surface area contributed by atoms with Crippen LogP contribution in [0.25, 0.3) is 0 Å². The van der Waals surface area contributed by atoms with Gasteiger partial charge in [-0.2, -0.15) is 5.26 Å². The van der Waals surface area contributed by atoms with Crippen LogP contribution in [0.1, 0.15) is 13.3 Å². The standard InChI is InChI=1S/C10H12N2O2S/c1-6(13)9-8-4-7(15-3-2-11)5-12(8)10(9)14/h5-6,8-9,13H,3-4H2,1H3/t6-,8-,9-/m1/s1. The van der Waals surface area contributed by atoms with Crippen molar-refractivity contribution in [2.45, 2.75) is 25.5 Å². The third-order valence-electron chi connectivity index (χ3n) is 2.85. The summed E-state index contributed by atoms with van der Waals surface area (Å²) in [5, 5.41) is 17.9. The minimum atomic E-state index is -0.576. The molecule has 0 aromatic carbocycles. The molecule has 0 radical (unpaired) electrons. The molecule has 2 aliphatic rings. The SMILES string of the molecule is C[C@@H](O)[C@H]1C(=O)N2C=C(SCC#N)C[C@H]12. The predicted octanol–water partition coefficient (Wildman–Crippen LogP) is 0.696. The van der Waals surface area contributed by atoms with Gasteiger partial charge in [-0.25, -0.2) is 0 Å². The van der Waals surface area contributed by atoms with Gasteiger partial charge in [-0.3, -0.25) is 4.79 Å². The topological polar surface area (TPSA) is 64.3 Å². The second kappa shape index (κ2) is 3.87. The first-order chi connectivity index (χ1) is 7.15. The Morgan fingerprint density at radius 3 is 3.20 bits per heavy atom. The van der Waals surface area contributed by atoms with Crippen molar-refractivity contribution in [3.05, 3.63) is 11.1 Å². The second-order valence-corrected chi connectivity index (χ2v) is 4.93. The Morgan fingerprint density at radius 2 is 2.60 bits per heavy atom. The summed E-state index contributed by atoms with van der Waals surface area (Å²) < 4.78 is 0. The molecule has 1 saturated heterocycles. The molecule has 2 aliphatic heterocycles. The number of hydrogen-bond donors (Lipinski definition) is 1. The molecular weight excluding hydrogens is 212 g/mol. The third-order valence-corrected chi connectivity index (χ3v) is 3.76. The van der Waals surface area contributed by atoms with E-state index in [0.29, 0.717) is 5.75 Å². The van der Waals surface area contributed by atoms with Crippen molar-refractivity contribution in [3.8, 4) is 6.07 Å². The lowest BCUT2D eigenvalue weighted by molar-refractivity contribution is -0.156. The molecule has 0 unspecified atom stereocenters. The summed E-state index contributed by atoms with van der Waals surface area (Å²) in [6, 6.07) is 2.18. The molecule has 5 heteroatoms. The van der Waals surface area contributed by atoms with Crippen molar-refractivity contribution >= 4 is 17.7 Å². The minimum absolute atomic E-state index is 0.00237. The quantitative estimate of drug-likeness (QED) is 0.717. The molecule has 4 nitrogen and oxygen atoms in total.